The Morgan fingerprint density at radius 1 is 0.897 bits per heavy atom. The minimum atomic E-state index is -3.76. The summed E-state index contributed by atoms with van der Waals surface area (Å²) in [5.74, 6) is 1.00. The van der Waals surface area contributed by atoms with Crippen LogP contribution in [0, 0.1) is 0 Å². The van der Waals surface area contributed by atoms with E-state index in [0.29, 0.717) is 30.4 Å². The average Bonchev–Trinajstić information content (AvgIpc) is 2.98. The van der Waals surface area contributed by atoms with E-state index in [2.05, 4.69) is 9.71 Å². The molecule has 29 heavy (non-hydrogen) atoms. The summed E-state index contributed by atoms with van der Waals surface area (Å²) in [7, 11) is -3.76. The van der Waals surface area contributed by atoms with Crippen molar-refractivity contribution in [3.05, 3.63) is 78.1 Å². The maximum atomic E-state index is 12.8. The third kappa shape index (κ3) is 4.75. The van der Waals surface area contributed by atoms with Crippen molar-refractivity contribution in [3.8, 4) is 11.5 Å². The molecule has 0 saturated carbocycles. The summed E-state index contributed by atoms with van der Waals surface area (Å²) in [5.41, 5.74) is 2.15. The van der Waals surface area contributed by atoms with Crippen molar-refractivity contribution in [1.82, 2.24) is 4.98 Å². The number of nitrogens with one attached hydrogen (secondary N) is 1. The van der Waals surface area contributed by atoms with Crippen LogP contribution in [0.5, 0.6) is 11.5 Å². The minimum Gasteiger partial charge on any atom is -0.490 e. The van der Waals surface area contributed by atoms with Gasteiger partial charge in [-0.05, 0) is 48.0 Å². The molecule has 1 aliphatic heterocycles. The van der Waals surface area contributed by atoms with Crippen molar-refractivity contribution >= 4 is 27.9 Å². The van der Waals surface area contributed by atoms with Crippen LogP contribution in [0.1, 0.15) is 17.7 Å². The largest absolute Gasteiger partial charge is 0.490 e. The molecule has 0 radical (unpaired) electrons. The summed E-state index contributed by atoms with van der Waals surface area (Å²) in [6.07, 6.45) is 6.23. The van der Waals surface area contributed by atoms with E-state index < -0.39 is 10.0 Å². The zero-order valence-electron chi connectivity index (χ0n) is 15.6. The van der Waals surface area contributed by atoms with Gasteiger partial charge in [0.2, 0.25) is 0 Å². The van der Waals surface area contributed by atoms with E-state index in [9.17, 15) is 8.42 Å². The molecule has 148 valence electrons. The first-order chi connectivity index (χ1) is 14.1. The van der Waals surface area contributed by atoms with Crippen LogP contribution in [0.15, 0.2) is 71.8 Å². The lowest BCUT2D eigenvalue weighted by Crippen LogP contribution is -2.13. The topological polar surface area (TPSA) is 77.5 Å². The van der Waals surface area contributed by atoms with Crippen LogP contribution in [0.25, 0.3) is 12.2 Å². The van der Waals surface area contributed by atoms with Gasteiger partial charge in [0.05, 0.1) is 23.8 Å². The molecule has 0 fully saturated rings. The number of hydrogen-bond acceptors (Lipinski definition) is 5. The molecule has 0 bridgehead atoms. The van der Waals surface area contributed by atoms with Crippen LogP contribution >= 0.6 is 0 Å². The molecule has 0 spiro atoms. The number of rotatable bonds is 5. The third-order valence-corrected chi connectivity index (χ3v) is 5.68. The Morgan fingerprint density at radius 2 is 1.76 bits per heavy atom. The molecule has 0 atom stereocenters. The molecular formula is C22H20N2O4S. The lowest BCUT2D eigenvalue weighted by Gasteiger charge is -2.12. The Labute approximate surface area is 169 Å². The van der Waals surface area contributed by atoms with E-state index in [1.165, 1.54) is 12.1 Å². The van der Waals surface area contributed by atoms with Gasteiger partial charge in [-0.25, -0.2) is 8.42 Å². The highest BCUT2D eigenvalue weighted by Gasteiger charge is 2.19. The number of sulfonamides is 1. The zero-order valence-corrected chi connectivity index (χ0v) is 16.4. The SMILES string of the molecule is O=S(=O)(Nc1cccc(C=Cc2ccccn2)c1)c1ccc2c(c1)OCCCO2. The van der Waals surface area contributed by atoms with E-state index in [4.69, 9.17) is 9.47 Å². The normalized spacial score (nSPS) is 13.8. The fraction of sp³-hybridized carbons (Fsp3) is 0.136. The van der Waals surface area contributed by atoms with Crippen LogP contribution in [-0.4, -0.2) is 26.6 Å². The summed E-state index contributed by atoms with van der Waals surface area (Å²) in [6.45, 7) is 1.05. The predicted molar refractivity (Wildman–Crippen MR) is 112 cm³/mol. The van der Waals surface area contributed by atoms with Gasteiger partial charge in [0.15, 0.2) is 11.5 Å². The van der Waals surface area contributed by atoms with Gasteiger partial charge in [0.25, 0.3) is 10.0 Å². The number of anilines is 1. The molecule has 2 aromatic carbocycles. The number of ether oxygens (including phenoxy) is 2. The van der Waals surface area contributed by atoms with E-state index in [-0.39, 0.29) is 4.90 Å². The third-order valence-electron chi connectivity index (χ3n) is 4.30. The number of pyridine rings is 1. The molecule has 0 aliphatic carbocycles. The summed E-state index contributed by atoms with van der Waals surface area (Å²) >= 11 is 0. The van der Waals surface area contributed by atoms with Crippen molar-refractivity contribution < 1.29 is 17.9 Å². The average molecular weight is 408 g/mol. The monoisotopic (exact) mass is 408 g/mol. The molecule has 0 unspecified atom stereocenters. The predicted octanol–water partition coefficient (Wildman–Crippen LogP) is 4.21. The molecular weight excluding hydrogens is 388 g/mol. The number of nitrogens with zero attached hydrogens (tertiary/aromatic N) is 1. The Morgan fingerprint density at radius 3 is 2.59 bits per heavy atom. The van der Waals surface area contributed by atoms with Gasteiger partial charge in [0.1, 0.15) is 0 Å². The van der Waals surface area contributed by atoms with Crippen molar-refractivity contribution in [1.29, 1.82) is 0 Å². The highest BCUT2D eigenvalue weighted by Crippen LogP contribution is 2.32. The van der Waals surface area contributed by atoms with Crippen molar-refractivity contribution in [2.45, 2.75) is 11.3 Å². The minimum absolute atomic E-state index is 0.121. The smallest absolute Gasteiger partial charge is 0.262 e. The molecule has 0 saturated heterocycles. The first-order valence-electron chi connectivity index (χ1n) is 9.22. The Balaban J connectivity index is 1.54. The fourth-order valence-corrected chi connectivity index (χ4v) is 3.95. The van der Waals surface area contributed by atoms with Crippen molar-refractivity contribution in [3.63, 3.8) is 0 Å². The van der Waals surface area contributed by atoms with Gasteiger partial charge in [-0.2, -0.15) is 0 Å². The second-order valence-corrected chi connectivity index (χ2v) is 8.16. The van der Waals surface area contributed by atoms with Gasteiger partial charge in [-0.1, -0.05) is 24.3 Å². The van der Waals surface area contributed by atoms with Gasteiger partial charge in [-0.15, -0.1) is 0 Å². The highest BCUT2D eigenvalue weighted by molar-refractivity contribution is 7.92. The van der Waals surface area contributed by atoms with Crippen LogP contribution in [0.4, 0.5) is 5.69 Å². The maximum Gasteiger partial charge on any atom is 0.262 e. The van der Waals surface area contributed by atoms with Crippen LogP contribution in [0.2, 0.25) is 0 Å². The number of fused-ring (bicyclic) bond motifs is 1. The van der Waals surface area contributed by atoms with Crippen molar-refractivity contribution in [2.75, 3.05) is 17.9 Å². The molecule has 1 aromatic heterocycles. The van der Waals surface area contributed by atoms with E-state index in [1.54, 1.807) is 30.5 Å². The lowest BCUT2D eigenvalue weighted by atomic mass is 10.2. The van der Waals surface area contributed by atoms with E-state index in [1.807, 2.05) is 36.4 Å². The summed E-state index contributed by atoms with van der Waals surface area (Å²) in [5, 5.41) is 0. The highest BCUT2D eigenvalue weighted by atomic mass is 32.2. The van der Waals surface area contributed by atoms with Gasteiger partial charge in [-0.3, -0.25) is 9.71 Å². The molecule has 2 heterocycles. The fourth-order valence-electron chi connectivity index (χ4n) is 2.89. The number of benzene rings is 2. The van der Waals surface area contributed by atoms with Gasteiger partial charge >= 0.3 is 0 Å². The molecule has 6 nitrogen and oxygen atoms in total. The first kappa shape index (κ1) is 19.0. The van der Waals surface area contributed by atoms with Crippen LogP contribution < -0.4 is 14.2 Å². The van der Waals surface area contributed by atoms with Gasteiger partial charge < -0.3 is 9.47 Å². The Bertz CT molecular complexity index is 1130. The Kier molecular flexibility index (Phi) is 5.48. The zero-order chi connectivity index (χ0) is 20.1. The summed E-state index contributed by atoms with van der Waals surface area (Å²) in [4.78, 5) is 4.36. The Hall–Kier alpha value is -3.32. The summed E-state index contributed by atoms with van der Waals surface area (Å²) in [6, 6.07) is 17.5. The van der Waals surface area contributed by atoms with Gasteiger partial charge in [0, 0.05) is 24.4 Å². The molecule has 0 amide bonds. The quantitative estimate of drug-likeness (QED) is 0.684. The molecule has 1 N–H and O–H groups in total. The molecule has 4 rings (SSSR count). The maximum absolute atomic E-state index is 12.8. The second-order valence-electron chi connectivity index (χ2n) is 6.48. The van der Waals surface area contributed by atoms with E-state index >= 15 is 0 Å². The molecule has 1 aliphatic rings. The van der Waals surface area contributed by atoms with Crippen molar-refractivity contribution in [2.24, 2.45) is 0 Å². The molecule has 7 heteroatoms. The standard InChI is InChI=1S/C22H20N2O4S/c25-29(26,20-10-11-21-22(16-20)28-14-4-13-27-21)24-19-7-3-5-17(15-19)8-9-18-6-1-2-12-23-18/h1-3,5-12,15-16,24H,4,13-14H2. The lowest BCUT2D eigenvalue weighted by molar-refractivity contribution is 0.297. The number of aromatic nitrogens is 1. The van der Waals surface area contributed by atoms with Crippen LogP contribution in [-0.2, 0) is 10.0 Å². The van der Waals surface area contributed by atoms with E-state index in [0.717, 1.165) is 17.7 Å². The summed E-state index contributed by atoms with van der Waals surface area (Å²) < 4.78 is 39.4. The molecule has 3 aromatic rings. The number of hydrogen-bond donors (Lipinski definition) is 1. The first-order valence-corrected chi connectivity index (χ1v) is 10.7. The second kappa shape index (κ2) is 8.36. The van der Waals surface area contributed by atoms with Crippen LogP contribution in [0.3, 0.4) is 0 Å².